The van der Waals surface area contributed by atoms with Gasteiger partial charge in [0.25, 0.3) is 5.91 Å². The molecule has 0 saturated heterocycles. The van der Waals surface area contributed by atoms with Crippen LogP contribution in [0.25, 0.3) is 0 Å². The third-order valence-corrected chi connectivity index (χ3v) is 3.11. The molecule has 0 aliphatic rings. The summed E-state index contributed by atoms with van der Waals surface area (Å²) in [4.78, 5) is 12.0. The Hall–Kier alpha value is -1.22. The van der Waals surface area contributed by atoms with E-state index in [-0.39, 0.29) is 11.9 Å². The summed E-state index contributed by atoms with van der Waals surface area (Å²) < 4.78 is 0. The van der Waals surface area contributed by atoms with Gasteiger partial charge in [-0.25, -0.2) is 0 Å². The smallest absolute Gasteiger partial charge is 0.253 e. The van der Waals surface area contributed by atoms with Gasteiger partial charge in [0, 0.05) is 16.8 Å². The predicted molar refractivity (Wildman–Crippen MR) is 76.9 cm³/mol. The van der Waals surface area contributed by atoms with Crippen molar-refractivity contribution >= 4 is 23.2 Å². The van der Waals surface area contributed by atoms with E-state index in [9.17, 15) is 4.79 Å². The first-order valence-corrected chi connectivity index (χ1v) is 6.78. The summed E-state index contributed by atoms with van der Waals surface area (Å²) in [6, 6.07) is 5.09. The van der Waals surface area contributed by atoms with Crippen LogP contribution in [0.1, 0.15) is 49.9 Å². The first kappa shape index (κ1) is 14.8. The Balaban J connectivity index is 2.56. The number of nitrogen functional groups attached to an aromatic ring is 1. The Morgan fingerprint density at radius 2 is 2.17 bits per heavy atom. The van der Waals surface area contributed by atoms with Crippen molar-refractivity contribution in [3.8, 4) is 0 Å². The van der Waals surface area contributed by atoms with E-state index in [0.29, 0.717) is 16.3 Å². The third-order valence-electron chi connectivity index (χ3n) is 2.88. The Labute approximate surface area is 114 Å². The largest absolute Gasteiger partial charge is 0.398 e. The van der Waals surface area contributed by atoms with Crippen molar-refractivity contribution in [2.45, 2.75) is 45.6 Å². The molecule has 1 unspecified atom stereocenters. The zero-order valence-corrected chi connectivity index (χ0v) is 11.8. The molecular formula is C14H21ClN2O. The first-order valence-electron chi connectivity index (χ1n) is 6.40. The number of nitrogens with two attached hydrogens (primary N) is 1. The maximum atomic E-state index is 12.0. The molecule has 18 heavy (non-hydrogen) atoms. The van der Waals surface area contributed by atoms with Gasteiger partial charge in [0.2, 0.25) is 0 Å². The average molecular weight is 269 g/mol. The van der Waals surface area contributed by atoms with Crippen molar-refractivity contribution in [2.24, 2.45) is 0 Å². The summed E-state index contributed by atoms with van der Waals surface area (Å²) in [6.45, 7) is 4.17. The van der Waals surface area contributed by atoms with Crippen LogP contribution in [0.5, 0.6) is 0 Å². The number of rotatable bonds is 6. The van der Waals surface area contributed by atoms with Crippen LogP contribution in [0, 0.1) is 0 Å². The average Bonchev–Trinajstić information content (AvgIpc) is 2.32. The van der Waals surface area contributed by atoms with Gasteiger partial charge < -0.3 is 11.1 Å². The lowest BCUT2D eigenvalue weighted by molar-refractivity contribution is 0.0939. The molecule has 3 nitrogen and oxygen atoms in total. The van der Waals surface area contributed by atoms with Crippen LogP contribution >= 0.6 is 11.6 Å². The molecule has 1 atom stereocenters. The number of hydrogen-bond donors (Lipinski definition) is 2. The highest BCUT2D eigenvalue weighted by atomic mass is 35.5. The Bertz CT molecular complexity index is 407. The summed E-state index contributed by atoms with van der Waals surface area (Å²) in [7, 11) is 0. The molecular weight excluding hydrogens is 248 g/mol. The molecule has 3 N–H and O–H groups in total. The standard InChI is InChI=1S/C14H21ClN2O/c1-3-4-5-6-10(2)17-14(18)12-9-11(15)7-8-13(12)16/h7-10H,3-6,16H2,1-2H3,(H,17,18). The molecule has 1 amide bonds. The van der Waals surface area contributed by atoms with Crippen molar-refractivity contribution in [3.63, 3.8) is 0 Å². The van der Waals surface area contributed by atoms with Gasteiger partial charge in [0.1, 0.15) is 0 Å². The monoisotopic (exact) mass is 268 g/mol. The SMILES string of the molecule is CCCCCC(C)NC(=O)c1cc(Cl)ccc1N. The topological polar surface area (TPSA) is 55.1 Å². The fraction of sp³-hybridized carbons (Fsp3) is 0.500. The number of nitrogens with one attached hydrogen (secondary N) is 1. The third kappa shape index (κ3) is 4.57. The zero-order chi connectivity index (χ0) is 13.5. The van der Waals surface area contributed by atoms with E-state index in [4.69, 9.17) is 17.3 Å². The van der Waals surface area contributed by atoms with Crippen LogP contribution in [0.3, 0.4) is 0 Å². The van der Waals surface area contributed by atoms with Gasteiger partial charge in [-0.15, -0.1) is 0 Å². The molecule has 0 heterocycles. The van der Waals surface area contributed by atoms with Crippen LogP contribution < -0.4 is 11.1 Å². The maximum Gasteiger partial charge on any atom is 0.253 e. The summed E-state index contributed by atoms with van der Waals surface area (Å²) in [6.07, 6.45) is 4.49. The van der Waals surface area contributed by atoms with E-state index in [1.165, 1.54) is 12.8 Å². The van der Waals surface area contributed by atoms with Gasteiger partial charge in [-0.2, -0.15) is 0 Å². The number of benzene rings is 1. The number of amides is 1. The van der Waals surface area contributed by atoms with E-state index in [2.05, 4.69) is 12.2 Å². The van der Waals surface area contributed by atoms with Gasteiger partial charge in [-0.3, -0.25) is 4.79 Å². The van der Waals surface area contributed by atoms with E-state index in [0.717, 1.165) is 12.8 Å². The molecule has 1 aromatic rings. The van der Waals surface area contributed by atoms with Crippen LogP contribution in [0.2, 0.25) is 5.02 Å². The van der Waals surface area contributed by atoms with Gasteiger partial charge in [0.05, 0.1) is 5.56 Å². The lowest BCUT2D eigenvalue weighted by Crippen LogP contribution is -2.32. The van der Waals surface area contributed by atoms with Gasteiger partial charge in [-0.1, -0.05) is 37.8 Å². The summed E-state index contributed by atoms with van der Waals surface area (Å²) in [5.41, 5.74) is 6.67. The number of unbranched alkanes of at least 4 members (excludes halogenated alkanes) is 2. The maximum absolute atomic E-state index is 12.0. The van der Waals surface area contributed by atoms with Crippen molar-refractivity contribution < 1.29 is 4.79 Å². The summed E-state index contributed by atoms with van der Waals surface area (Å²) in [5, 5.41) is 3.47. The Morgan fingerprint density at radius 1 is 1.44 bits per heavy atom. The summed E-state index contributed by atoms with van der Waals surface area (Å²) >= 11 is 5.86. The van der Waals surface area contributed by atoms with Crippen LogP contribution in [-0.2, 0) is 0 Å². The Morgan fingerprint density at radius 3 is 2.83 bits per heavy atom. The predicted octanol–water partition coefficient (Wildman–Crippen LogP) is 3.62. The minimum atomic E-state index is -0.154. The number of halogens is 1. The highest BCUT2D eigenvalue weighted by Gasteiger charge is 2.12. The van der Waals surface area contributed by atoms with Crippen molar-refractivity contribution in [1.29, 1.82) is 0 Å². The Kier molecular flexibility index (Phi) is 5.99. The molecule has 1 rings (SSSR count). The molecule has 1 aromatic carbocycles. The minimum Gasteiger partial charge on any atom is -0.398 e. The number of hydrogen-bond acceptors (Lipinski definition) is 2. The lowest BCUT2D eigenvalue weighted by Gasteiger charge is -2.14. The van der Waals surface area contributed by atoms with Crippen molar-refractivity contribution in [1.82, 2.24) is 5.32 Å². The van der Waals surface area contributed by atoms with Crippen molar-refractivity contribution in [2.75, 3.05) is 5.73 Å². The van der Waals surface area contributed by atoms with Gasteiger partial charge >= 0.3 is 0 Å². The highest BCUT2D eigenvalue weighted by Crippen LogP contribution is 2.18. The molecule has 0 saturated carbocycles. The minimum absolute atomic E-state index is 0.154. The van der Waals surface area contributed by atoms with E-state index in [1.54, 1.807) is 18.2 Å². The first-order chi connectivity index (χ1) is 8.54. The molecule has 0 fully saturated rings. The highest BCUT2D eigenvalue weighted by molar-refractivity contribution is 6.31. The molecule has 0 aliphatic carbocycles. The molecule has 0 radical (unpaired) electrons. The number of anilines is 1. The molecule has 0 aliphatic heterocycles. The molecule has 100 valence electrons. The second-order valence-electron chi connectivity index (χ2n) is 4.60. The van der Waals surface area contributed by atoms with E-state index in [1.807, 2.05) is 6.92 Å². The fourth-order valence-electron chi connectivity index (χ4n) is 1.80. The second kappa shape index (κ2) is 7.27. The van der Waals surface area contributed by atoms with Crippen LogP contribution in [0.4, 0.5) is 5.69 Å². The molecule has 0 spiro atoms. The van der Waals surface area contributed by atoms with Gasteiger partial charge in [0.15, 0.2) is 0 Å². The summed E-state index contributed by atoms with van der Waals surface area (Å²) in [5.74, 6) is -0.154. The normalized spacial score (nSPS) is 12.2. The number of carbonyl (C=O) groups excluding carboxylic acids is 1. The molecule has 4 heteroatoms. The number of carbonyl (C=O) groups is 1. The second-order valence-corrected chi connectivity index (χ2v) is 5.04. The van der Waals surface area contributed by atoms with Crippen molar-refractivity contribution in [3.05, 3.63) is 28.8 Å². The molecule has 0 aromatic heterocycles. The van der Waals surface area contributed by atoms with Gasteiger partial charge in [-0.05, 0) is 31.5 Å². The lowest BCUT2D eigenvalue weighted by atomic mass is 10.1. The van der Waals surface area contributed by atoms with Crippen LogP contribution in [-0.4, -0.2) is 11.9 Å². The van der Waals surface area contributed by atoms with E-state index >= 15 is 0 Å². The quantitative estimate of drug-likeness (QED) is 0.612. The molecule has 0 bridgehead atoms. The fourth-order valence-corrected chi connectivity index (χ4v) is 1.97. The van der Waals surface area contributed by atoms with E-state index < -0.39 is 0 Å². The zero-order valence-electron chi connectivity index (χ0n) is 11.0. The van der Waals surface area contributed by atoms with Crippen LogP contribution in [0.15, 0.2) is 18.2 Å².